The van der Waals surface area contributed by atoms with Gasteiger partial charge in [0.25, 0.3) is 5.69 Å². The number of nitro benzene ring substituents is 1. The Bertz CT molecular complexity index is 1530. The van der Waals surface area contributed by atoms with Gasteiger partial charge in [-0.15, -0.1) is 0 Å². The van der Waals surface area contributed by atoms with Gasteiger partial charge in [0.1, 0.15) is 0 Å². The molecule has 0 saturated heterocycles. The van der Waals surface area contributed by atoms with Gasteiger partial charge in [-0.05, 0) is 47.5 Å². The Morgan fingerprint density at radius 2 is 1.65 bits per heavy atom. The van der Waals surface area contributed by atoms with Crippen LogP contribution in [-0.2, 0) is 0 Å². The quantitative estimate of drug-likeness (QED) is 0.282. The number of rotatable bonds is 6. The van der Waals surface area contributed by atoms with E-state index in [9.17, 15) is 14.9 Å². The van der Waals surface area contributed by atoms with Gasteiger partial charge in [0.2, 0.25) is 11.9 Å². The van der Waals surface area contributed by atoms with Crippen LogP contribution in [0.15, 0.2) is 91.1 Å². The number of nitrogens with two attached hydrogens (primary N) is 1. The van der Waals surface area contributed by atoms with Crippen LogP contribution in [-0.4, -0.2) is 25.4 Å². The lowest BCUT2D eigenvalue weighted by Crippen LogP contribution is -2.10. The maximum atomic E-state index is 11.3. The maximum Gasteiger partial charge on any atom is 0.270 e. The summed E-state index contributed by atoms with van der Waals surface area (Å²) in [7, 11) is 0. The highest BCUT2D eigenvalue weighted by molar-refractivity contribution is 5.93. The molecular weight excluding hydrogens is 432 g/mol. The van der Waals surface area contributed by atoms with E-state index >= 15 is 0 Å². The molecule has 0 aliphatic heterocycles. The Morgan fingerprint density at radius 1 is 0.912 bits per heavy atom. The van der Waals surface area contributed by atoms with Crippen molar-refractivity contribution >= 4 is 28.7 Å². The van der Waals surface area contributed by atoms with Crippen LogP contribution in [0.4, 0.5) is 17.3 Å². The average molecular weight is 450 g/mol. The lowest BCUT2D eigenvalue weighted by atomic mass is 10.0. The predicted octanol–water partition coefficient (Wildman–Crippen LogP) is 4.81. The van der Waals surface area contributed by atoms with Crippen LogP contribution in [0.3, 0.4) is 0 Å². The van der Waals surface area contributed by atoms with Crippen molar-refractivity contribution in [2.24, 2.45) is 5.73 Å². The van der Waals surface area contributed by atoms with E-state index in [2.05, 4.69) is 10.4 Å². The minimum atomic E-state index is -0.491. The molecule has 0 fully saturated rings. The highest BCUT2D eigenvalue weighted by Gasteiger charge is 2.11. The summed E-state index contributed by atoms with van der Waals surface area (Å²) >= 11 is 0. The molecule has 0 bridgehead atoms. The Labute approximate surface area is 193 Å². The molecule has 0 unspecified atom stereocenters. The first-order valence-electron chi connectivity index (χ1n) is 10.3. The van der Waals surface area contributed by atoms with E-state index in [1.165, 1.54) is 6.07 Å². The number of carbonyl (C=O) groups excluding carboxylic acids is 1. The van der Waals surface area contributed by atoms with Gasteiger partial charge in [0.15, 0.2) is 0 Å². The third-order valence-electron chi connectivity index (χ3n) is 5.38. The second-order valence-electron chi connectivity index (χ2n) is 7.58. The topological polar surface area (TPSA) is 128 Å². The molecule has 2 heterocycles. The molecule has 0 spiro atoms. The Balaban J connectivity index is 1.48. The molecule has 5 aromatic rings. The van der Waals surface area contributed by atoms with E-state index in [4.69, 9.17) is 10.7 Å². The first-order chi connectivity index (χ1) is 16.5. The lowest BCUT2D eigenvalue weighted by Gasteiger charge is -2.11. The van der Waals surface area contributed by atoms with E-state index in [0.29, 0.717) is 11.5 Å². The zero-order chi connectivity index (χ0) is 23.7. The maximum absolute atomic E-state index is 11.3. The SMILES string of the molecule is NC(=O)c1ccc(Nc2nc(-c3ccc(-c4cccc([N+](=O)[O-])c4)cc3)cc3ccnn23)cc1. The first-order valence-corrected chi connectivity index (χ1v) is 10.3. The molecule has 0 aliphatic rings. The molecule has 3 aromatic carbocycles. The van der Waals surface area contributed by atoms with Gasteiger partial charge < -0.3 is 11.1 Å². The van der Waals surface area contributed by atoms with Crippen LogP contribution in [0, 0.1) is 10.1 Å². The van der Waals surface area contributed by atoms with Gasteiger partial charge in [-0.3, -0.25) is 14.9 Å². The van der Waals surface area contributed by atoms with E-state index in [1.807, 2.05) is 42.5 Å². The summed E-state index contributed by atoms with van der Waals surface area (Å²) in [5, 5.41) is 18.7. The largest absolute Gasteiger partial charge is 0.366 e. The van der Waals surface area contributed by atoms with Crippen molar-refractivity contribution in [3.8, 4) is 22.4 Å². The number of nitro groups is 1. The summed E-state index contributed by atoms with van der Waals surface area (Å²) in [6, 6.07) is 24.8. The Hall–Kier alpha value is -5.05. The molecule has 34 heavy (non-hydrogen) atoms. The van der Waals surface area contributed by atoms with Gasteiger partial charge in [-0.1, -0.05) is 36.4 Å². The number of amides is 1. The minimum Gasteiger partial charge on any atom is -0.366 e. The van der Waals surface area contributed by atoms with Gasteiger partial charge in [0.05, 0.1) is 22.3 Å². The number of hydrogen-bond donors (Lipinski definition) is 2. The number of carbonyl (C=O) groups is 1. The fraction of sp³-hybridized carbons (Fsp3) is 0. The lowest BCUT2D eigenvalue weighted by molar-refractivity contribution is -0.384. The first kappa shape index (κ1) is 20.8. The van der Waals surface area contributed by atoms with Crippen LogP contribution in [0.5, 0.6) is 0 Å². The van der Waals surface area contributed by atoms with Gasteiger partial charge in [0, 0.05) is 28.9 Å². The van der Waals surface area contributed by atoms with E-state index in [-0.39, 0.29) is 5.69 Å². The van der Waals surface area contributed by atoms with E-state index in [1.54, 1.807) is 47.1 Å². The number of fused-ring (bicyclic) bond motifs is 1. The molecule has 166 valence electrons. The van der Waals surface area contributed by atoms with Crippen molar-refractivity contribution in [1.29, 1.82) is 0 Å². The third kappa shape index (κ3) is 4.05. The second-order valence-corrected chi connectivity index (χ2v) is 7.58. The average Bonchev–Trinajstić information content (AvgIpc) is 3.34. The van der Waals surface area contributed by atoms with Crippen molar-refractivity contribution in [3.05, 3.63) is 107 Å². The van der Waals surface area contributed by atoms with Crippen LogP contribution in [0.25, 0.3) is 27.9 Å². The summed E-state index contributed by atoms with van der Waals surface area (Å²) in [6.07, 6.45) is 1.69. The number of anilines is 2. The second kappa shape index (κ2) is 8.47. The molecule has 9 nitrogen and oxygen atoms in total. The van der Waals surface area contributed by atoms with Gasteiger partial charge in [-0.2, -0.15) is 5.10 Å². The summed E-state index contributed by atoms with van der Waals surface area (Å²) in [6.45, 7) is 0. The number of nitrogens with zero attached hydrogens (tertiary/aromatic N) is 4. The van der Waals surface area contributed by atoms with Crippen molar-refractivity contribution in [3.63, 3.8) is 0 Å². The van der Waals surface area contributed by atoms with E-state index < -0.39 is 10.8 Å². The zero-order valence-corrected chi connectivity index (χ0v) is 17.8. The molecule has 9 heteroatoms. The molecule has 0 radical (unpaired) electrons. The minimum absolute atomic E-state index is 0.0500. The number of non-ortho nitro benzene ring substituents is 1. The Morgan fingerprint density at radius 3 is 2.35 bits per heavy atom. The smallest absolute Gasteiger partial charge is 0.270 e. The van der Waals surface area contributed by atoms with Gasteiger partial charge >= 0.3 is 0 Å². The molecule has 1 amide bonds. The molecule has 0 aliphatic carbocycles. The number of aromatic nitrogens is 3. The fourth-order valence-electron chi connectivity index (χ4n) is 3.64. The fourth-order valence-corrected chi connectivity index (χ4v) is 3.64. The van der Waals surface area contributed by atoms with Crippen molar-refractivity contribution in [2.45, 2.75) is 0 Å². The summed E-state index contributed by atoms with van der Waals surface area (Å²) in [5.41, 5.74) is 10.6. The number of benzene rings is 3. The van der Waals surface area contributed by atoms with Crippen LogP contribution < -0.4 is 11.1 Å². The normalized spacial score (nSPS) is 10.8. The monoisotopic (exact) mass is 450 g/mol. The standard InChI is InChI=1S/C25H18N6O3/c26-24(32)18-8-10-20(11-9-18)28-25-29-23(15-21-12-13-27-30(21)25)17-6-4-16(5-7-17)19-2-1-3-22(14-19)31(33)34/h1-15H,(H2,26,32)(H,28,29). The van der Waals surface area contributed by atoms with Crippen molar-refractivity contribution in [1.82, 2.24) is 14.6 Å². The Kier molecular flexibility index (Phi) is 5.19. The molecular formula is C25H18N6O3. The summed E-state index contributed by atoms with van der Waals surface area (Å²) < 4.78 is 1.68. The van der Waals surface area contributed by atoms with Crippen molar-refractivity contribution in [2.75, 3.05) is 5.32 Å². The number of nitrogens with one attached hydrogen (secondary N) is 1. The number of hydrogen-bond acceptors (Lipinski definition) is 6. The van der Waals surface area contributed by atoms with Crippen LogP contribution in [0.1, 0.15) is 10.4 Å². The van der Waals surface area contributed by atoms with Crippen LogP contribution >= 0.6 is 0 Å². The van der Waals surface area contributed by atoms with E-state index in [0.717, 1.165) is 33.6 Å². The van der Waals surface area contributed by atoms with Crippen LogP contribution in [0.2, 0.25) is 0 Å². The molecule has 3 N–H and O–H groups in total. The number of primary amides is 1. The highest BCUT2D eigenvalue weighted by Crippen LogP contribution is 2.28. The molecule has 0 saturated carbocycles. The molecule has 5 rings (SSSR count). The summed E-state index contributed by atoms with van der Waals surface area (Å²) in [5.74, 6) is 0.0155. The molecule has 2 aromatic heterocycles. The van der Waals surface area contributed by atoms with Crippen molar-refractivity contribution < 1.29 is 9.72 Å². The third-order valence-corrected chi connectivity index (χ3v) is 5.38. The summed E-state index contributed by atoms with van der Waals surface area (Å²) in [4.78, 5) is 26.7. The van der Waals surface area contributed by atoms with Gasteiger partial charge in [-0.25, -0.2) is 9.50 Å². The molecule has 0 atom stereocenters. The zero-order valence-electron chi connectivity index (χ0n) is 17.8. The predicted molar refractivity (Wildman–Crippen MR) is 129 cm³/mol. The highest BCUT2D eigenvalue weighted by atomic mass is 16.6.